The third-order valence-electron chi connectivity index (χ3n) is 1.96. The van der Waals surface area contributed by atoms with Gasteiger partial charge in [0.2, 0.25) is 0 Å². The summed E-state index contributed by atoms with van der Waals surface area (Å²) >= 11 is 1.53. The highest BCUT2D eigenvalue weighted by Gasteiger charge is 2.09. The number of thiophene rings is 1. The molecule has 2 aromatic rings. The molecule has 1 heterocycles. The van der Waals surface area contributed by atoms with E-state index in [-0.39, 0.29) is 5.56 Å². The first kappa shape index (κ1) is 8.92. The van der Waals surface area contributed by atoms with E-state index < -0.39 is 5.82 Å². The molecule has 0 radical (unpaired) electrons. The highest BCUT2D eigenvalue weighted by Crippen LogP contribution is 2.26. The first-order valence-electron chi connectivity index (χ1n) is 4.04. The van der Waals surface area contributed by atoms with Crippen molar-refractivity contribution in [1.82, 2.24) is 0 Å². The smallest absolute Gasteiger partial charge is 0.141 e. The molecule has 0 aliphatic carbocycles. The topological polar surface area (TPSA) is 23.8 Å². The fraction of sp³-hybridized carbons (Fsp3) is 0. The Hall–Kier alpha value is -1.66. The van der Waals surface area contributed by atoms with Gasteiger partial charge in [0.05, 0.1) is 5.56 Å². The number of nitriles is 1. The molecule has 0 atom stereocenters. The molecule has 1 nitrogen and oxygen atoms in total. The van der Waals surface area contributed by atoms with E-state index in [1.807, 2.05) is 22.9 Å². The minimum absolute atomic E-state index is 0.117. The molecule has 2 rings (SSSR count). The van der Waals surface area contributed by atoms with E-state index >= 15 is 0 Å². The SMILES string of the molecule is N#Cc1c(F)cccc1-c1ccsc1. The Morgan fingerprint density at radius 1 is 1.29 bits per heavy atom. The summed E-state index contributed by atoms with van der Waals surface area (Å²) in [6.45, 7) is 0. The molecule has 0 saturated carbocycles. The van der Waals surface area contributed by atoms with Crippen LogP contribution in [0.3, 0.4) is 0 Å². The Labute approximate surface area is 85.1 Å². The van der Waals surface area contributed by atoms with E-state index in [0.717, 1.165) is 5.56 Å². The third kappa shape index (κ3) is 1.40. The standard InChI is InChI=1S/C11H6FNS/c12-11-3-1-2-9(10(11)6-13)8-4-5-14-7-8/h1-5,7H. The Morgan fingerprint density at radius 2 is 2.14 bits per heavy atom. The monoisotopic (exact) mass is 203 g/mol. The van der Waals surface area contributed by atoms with Gasteiger partial charge in [-0.1, -0.05) is 12.1 Å². The van der Waals surface area contributed by atoms with Gasteiger partial charge in [0.1, 0.15) is 11.9 Å². The van der Waals surface area contributed by atoms with Gasteiger partial charge in [-0.3, -0.25) is 0 Å². The quantitative estimate of drug-likeness (QED) is 0.696. The summed E-state index contributed by atoms with van der Waals surface area (Å²) in [4.78, 5) is 0. The zero-order chi connectivity index (χ0) is 9.97. The van der Waals surface area contributed by atoms with Gasteiger partial charge in [-0.05, 0) is 28.5 Å². The lowest BCUT2D eigenvalue weighted by atomic mass is 10.0. The molecule has 0 saturated heterocycles. The molecule has 0 unspecified atom stereocenters. The van der Waals surface area contributed by atoms with Crippen molar-refractivity contribution in [3.05, 3.63) is 46.4 Å². The third-order valence-corrected chi connectivity index (χ3v) is 2.64. The van der Waals surface area contributed by atoms with E-state index in [0.29, 0.717) is 5.56 Å². The minimum Gasteiger partial charge on any atom is -0.206 e. The predicted molar refractivity (Wildman–Crippen MR) is 54.4 cm³/mol. The van der Waals surface area contributed by atoms with Crippen LogP contribution in [0, 0.1) is 17.1 Å². The van der Waals surface area contributed by atoms with E-state index in [1.54, 1.807) is 12.1 Å². The molecule has 1 aromatic carbocycles. The Morgan fingerprint density at radius 3 is 2.79 bits per heavy atom. The van der Waals surface area contributed by atoms with Crippen molar-refractivity contribution in [2.24, 2.45) is 0 Å². The van der Waals surface area contributed by atoms with Gasteiger partial charge < -0.3 is 0 Å². The second-order valence-electron chi connectivity index (χ2n) is 2.79. The second-order valence-corrected chi connectivity index (χ2v) is 3.57. The van der Waals surface area contributed by atoms with Crippen LogP contribution in [0.2, 0.25) is 0 Å². The largest absolute Gasteiger partial charge is 0.206 e. The van der Waals surface area contributed by atoms with Crippen LogP contribution in [0.5, 0.6) is 0 Å². The predicted octanol–water partition coefficient (Wildman–Crippen LogP) is 3.43. The maximum Gasteiger partial charge on any atom is 0.141 e. The first-order chi connectivity index (χ1) is 6.83. The summed E-state index contributed by atoms with van der Waals surface area (Å²) < 4.78 is 13.2. The van der Waals surface area contributed by atoms with Crippen molar-refractivity contribution < 1.29 is 4.39 Å². The van der Waals surface area contributed by atoms with Crippen LogP contribution in [0.25, 0.3) is 11.1 Å². The molecule has 3 heteroatoms. The number of hydrogen-bond acceptors (Lipinski definition) is 2. The number of rotatable bonds is 1. The molecule has 0 bridgehead atoms. The Balaban J connectivity index is 2.66. The van der Waals surface area contributed by atoms with Crippen LogP contribution in [0.1, 0.15) is 5.56 Å². The highest BCUT2D eigenvalue weighted by atomic mass is 32.1. The fourth-order valence-corrected chi connectivity index (χ4v) is 1.95. The van der Waals surface area contributed by atoms with Crippen LogP contribution in [0.4, 0.5) is 4.39 Å². The Kier molecular flexibility index (Phi) is 2.30. The summed E-state index contributed by atoms with van der Waals surface area (Å²) in [5.41, 5.74) is 1.67. The van der Waals surface area contributed by atoms with Gasteiger partial charge in [-0.25, -0.2) is 4.39 Å². The second kappa shape index (κ2) is 3.60. The van der Waals surface area contributed by atoms with Crippen molar-refractivity contribution in [3.8, 4) is 17.2 Å². The number of hydrogen-bond donors (Lipinski definition) is 0. The van der Waals surface area contributed by atoms with Crippen molar-refractivity contribution >= 4 is 11.3 Å². The molecule has 0 spiro atoms. The lowest BCUT2D eigenvalue weighted by Crippen LogP contribution is -1.87. The molecule has 14 heavy (non-hydrogen) atoms. The average Bonchev–Trinajstić information content (AvgIpc) is 2.70. The van der Waals surface area contributed by atoms with Crippen LogP contribution in [0.15, 0.2) is 35.0 Å². The highest BCUT2D eigenvalue weighted by molar-refractivity contribution is 7.08. The molecule has 0 aliphatic heterocycles. The Bertz CT molecular complexity index is 482. The minimum atomic E-state index is -0.462. The molecular weight excluding hydrogens is 197 g/mol. The average molecular weight is 203 g/mol. The summed E-state index contributed by atoms with van der Waals surface area (Å²) in [6, 6.07) is 8.42. The number of halogens is 1. The van der Waals surface area contributed by atoms with Gasteiger partial charge in [-0.2, -0.15) is 16.6 Å². The van der Waals surface area contributed by atoms with Crippen molar-refractivity contribution in [2.45, 2.75) is 0 Å². The molecular formula is C11H6FNS. The lowest BCUT2D eigenvalue weighted by molar-refractivity contribution is 0.624. The normalized spacial score (nSPS) is 9.71. The van der Waals surface area contributed by atoms with E-state index in [1.165, 1.54) is 17.4 Å². The fourth-order valence-electron chi connectivity index (χ4n) is 1.30. The molecule has 0 aliphatic rings. The van der Waals surface area contributed by atoms with Gasteiger partial charge in [0, 0.05) is 5.56 Å². The van der Waals surface area contributed by atoms with Crippen LogP contribution in [-0.4, -0.2) is 0 Å². The summed E-state index contributed by atoms with van der Waals surface area (Å²) in [7, 11) is 0. The molecule has 0 N–H and O–H groups in total. The molecule has 68 valence electrons. The maximum absolute atomic E-state index is 13.2. The molecule has 0 fully saturated rings. The van der Waals surface area contributed by atoms with Gasteiger partial charge in [-0.15, -0.1) is 0 Å². The first-order valence-corrected chi connectivity index (χ1v) is 4.98. The summed E-state index contributed by atoms with van der Waals surface area (Å²) in [5, 5.41) is 12.6. The van der Waals surface area contributed by atoms with E-state index in [2.05, 4.69) is 0 Å². The number of nitrogens with zero attached hydrogens (tertiary/aromatic N) is 1. The maximum atomic E-state index is 13.2. The lowest BCUT2D eigenvalue weighted by Gasteiger charge is -2.01. The zero-order valence-electron chi connectivity index (χ0n) is 7.20. The van der Waals surface area contributed by atoms with Crippen molar-refractivity contribution in [2.75, 3.05) is 0 Å². The van der Waals surface area contributed by atoms with E-state index in [4.69, 9.17) is 5.26 Å². The zero-order valence-corrected chi connectivity index (χ0v) is 8.01. The number of benzene rings is 1. The summed E-state index contributed by atoms with van der Waals surface area (Å²) in [5.74, 6) is -0.462. The van der Waals surface area contributed by atoms with E-state index in [9.17, 15) is 4.39 Å². The van der Waals surface area contributed by atoms with Gasteiger partial charge in [0.25, 0.3) is 0 Å². The van der Waals surface area contributed by atoms with Gasteiger partial charge >= 0.3 is 0 Å². The van der Waals surface area contributed by atoms with Crippen LogP contribution < -0.4 is 0 Å². The molecule has 0 amide bonds. The summed E-state index contributed by atoms with van der Waals surface area (Å²) in [6.07, 6.45) is 0. The molecule has 1 aromatic heterocycles. The van der Waals surface area contributed by atoms with Crippen LogP contribution in [-0.2, 0) is 0 Å². The van der Waals surface area contributed by atoms with Gasteiger partial charge in [0.15, 0.2) is 0 Å². The van der Waals surface area contributed by atoms with Crippen LogP contribution >= 0.6 is 11.3 Å². The van der Waals surface area contributed by atoms with Crippen molar-refractivity contribution in [3.63, 3.8) is 0 Å². The van der Waals surface area contributed by atoms with Crippen molar-refractivity contribution in [1.29, 1.82) is 5.26 Å².